The Balaban J connectivity index is 1.43. The van der Waals surface area contributed by atoms with Crippen LogP contribution in [0.3, 0.4) is 0 Å². The van der Waals surface area contributed by atoms with Crippen LogP contribution in [0.1, 0.15) is 35.6 Å². The first kappa shape index (κ1) is 25.5. The molecule has 2 aromatic carbocycles. The molecule has 6 rings (SSSR count). The Morgan fingerprint density at radius 1 is 0.947 bits per heavy atom. The van der Waals surface area contributed by atoms with Crippen molar-refractivity contribution in [2.24, 2.45) is 5.92 Å². The van der Waals surface area contributed by atoms with E-state index in [0.717, 1.165) is 35.1 Å². The number of amides is 3. The SMILES string of the molecule is O=C(Cn1c2c(sc1=O)[C@@H](c1ccc(F)cc1)[C@@H]1C(=O)N(c3ccc(Br)cc3)C(=O)[C@@H]1S2)N1CCCCC1. The van der Waals surface area contributed by atoms with Crippen molar-refractivity contribution in [2.75, 3.05) is 18.0 Å². The quantitative estimate of drug-likeness (QED) is 0.400. The number of fused-ring (bicyclic) bond motifs is 2. The van der Waals surface area contributed by atoms with Crippen LogP contribution in [-0.2, 0) is 20.9 Å². The molecule has 3 amide bonds. The van der Waals surface area contributed by atoms with E-state index >= 15 is 0 Å². The van der Waals surface area contributed by atoms with Gasteiger partial charge in [0.15, 0.2) is 0 Å². The lowest BCUT2D eigenvalue weighted by molar-refractivity contribution is -0.133. The highest BCUT2D eigenvalue weighted by atomic mass is 79.9. The fraction of sp³-hybridized carbons (Fsp3) is 0.333. The normalized spacial score (nSPS) is 22.9. The van der Waals surface area contributed by atoms with Gasteiger partial charge in [0, 0.05) is 28.4 Å². The minimum absolute atomic E-state index is 0.107. The molecule has 38 heavy (non-hydrogen) atoms. The van der Waals surface area contributed by atoms with Gasteiger partial charge in [-0.3, -0.25) is 23.7 Å². The van der Waals surface area contributed by atoms with Crippen LogP contribution in [0.4, 0.5) is 10.1 Å². The van der Waals surface area contributed by atoms with Crippen LogP contribution in [0.5, 0.6) is 0 Å². The Labute approximate surface area is 234 Å². The first-order valence-electron chi connectivity index (χ1n) is 12.4. The summed E-state index contributed by atoms with van der Waals surface area (Å²) < 4.78 is 16.1. The number of halogens is 2. The molecule has 196 valence electrons. The van der Waals surface area contributed by atoms with E-state index in [4.69, 9.17) is 0 Å². The highest BCUT2D eigenvalue weighted by molar-refractivity contribution is 9.10. The average Bonchev–Trinajstić information content (AvgIpc) is 3.36. The highest BCUT2D eigenvalue weighted by Gasteiger charge is 2.56. The third-order valence-corrected chi connectivity index (χ3v) is 10.5. The molecule has 0 spiro atoms. The Bertz CT molecular complexity index is 1480. The van der Waals surface area contributed by atoms with E-state index in [2.05, 4.69) is 15.9 Å². The molecule has 4 heterocycles. The van der Waals surface area contributed by atoms with Gasteiger partial charge in [0.1, 0.15) is 17.6 Å². The lowest BCUT2D eigenvalue weighted by Crippen LogP contribution is -2.39. The molecule has 0 N–H and O–H groups in total. The van der Waals surface area contributed by atoms with Crippen LogP contribution in [-0.4, -0.2) is 45.5 Å². The van der Waals surface area contributed by atoms with E-state index in [1.807, 2.05) is 0 Å². The number of carbonyl (C=O) groups is 3. The minimum atomic E-state index is -0.779. The molecular weight excluding hydrogens is 593 g/mol. The maximum atomic E-state index is 13.8. The van der Waals surface area contributed by atoms with Crippen LogP contribution < -0.4 is 9.77 Å². The maximum Gasteiger partial charge on any atom is 0.308 e. The molecule has 0 bridgehead atoms. The molecular formula is C27H23BrFN3O4S2. The van der Waals surface area contributed by atoms with Gasteiger partial charge in [0.2, 0.25) is 17.7 Å². The monoisotopic (exact) mass is 615 g/mol. The number of thioether (sulfide) groups is 1. The van der Waals surface area contributed by atoms with Crippen LogP contribution in [0.2, 0.25) is 0 Å². The molecule has 1 aromatic heterocycles. The standard InChI is InChI=1S/C27H23BrFN3O4S2/c28-16-6-10-18(11-7-16)32-24(34)21-20(15-4-8-17(29)9-5-15)23-26(37-22(21)25(32)35)31(27(36)38-23)14-19(33)30-12-2-1-3-13-30/h4-11,20-22H,1-3,12-14H2/t20-,21-,22+/m0/s1. The molecule has 3 aliphatic rings. The van der Waals surface area contributed by atoms with Gasteiger partial charge in [-0.15, -0.1) is 0 Å². The summed E-state index contributed by atoms with van der Waals surface area (Å²) in [6.07, 6.45) is 2.97. The number of hydrogen-bond donors (Lipinski definition) is 0. The lowest BCUT2D eigenvalue weighted by atomic mass is 9.83. The first-order chi connectivity index (χ1) is 18.3. The van der Waals surface area contributed by atoms with E-state index in [9.17, 15) is 23.6 Å². The van der Waals surface area contributed by atoms with Crippen molar-refractivity contribution in [2.45, 2.75) is 42.0 Å². The Morgan fingerprint density at radius 2 is 1.63 bits per heavy atom. The Morgan fingerprint density at radius 3 is 2.32 bits per heavy atom. The number of aromatic nitrogens is 1. The number of nitrogens with zero attached hydrogens (tertiary/aromatic N) is 3. The van der Waals surface area contributed by atoms with Crippen molar-refractivity contribution in [3.8, 4) is 0 Å². The van der Waals surface area contributed by atoms with E-state index in [-0.39, 0.29) is 29.1 Å². The number of rotatable bonds is 4. The van der Waals surface area contributed by atoms with Gasteiger partial charge in [0.25, 0.3) is 0 Å². The van der Waals surface area contributed by atoms with Gasteiger partial charge < -0.3 is 4.90 Å². The minimum Gasteiger partial charge on any atom is -0.341 e. The summed E-state index contributed by atoms with van der Waals surface area (Å²) in [6, 6.07) is 12.8. The van der Waals surface area contributed by atoms with Crippen molar-refractivity contribution >= 4 is 62.4 Å². The maximum absolute atomic E-state index is 13.8. The van der Waals surface area contributed by atoms with E-state index < -0.39 is 22.9 Å². The number of anilines is 1. The number of piperidine rings is 1. The van der Waals surface area contributed by atoms with Crippen LogP contribution in [0, 0.1) is 11.7 Å². The fourth-order valence-corrected chi connectivity index (χ4v) is 8.55. The lowest BCUT2D eigenvalue weighted by Gasteiger charge is -2.31. The van der Waals surface area contributed by atoms with Crippen molar-refractivity contribution in [1.29, 1.82) is 0 Å². The van der Waals surface area contributed by atoms with Gasteiger partial charge in [0.05, 0.1) is 16.6 Å². The number of thiazole rings is 1. The summed E-state index contributed by atoms with van der Waals surface area (Å²) in [4.78, 5) is 57.2. The second-order valence-electron chi connectivity index (χ2n) is 9.65. The third-order valence-electron chi connectivity index (χ3n) is 7.37. The molecule has 3 atom stereocenters. The summed E-state index contributed by atoms with van der Waals surface area (Å²) in [5.74, 6) is -2.64. The second-order valence-corrected chi connectivity index (χ2v) is 12.7. The van der Waals surface area contributed by atoms with Crippen LogP contribution in [0.25, 0.3) is 0 Å². The summed E-state index contributed by atoms with van der Waals surface area (Å²) in [5, 5.41) is -0.237. The van der Waals surface area contributed by atoms with Gasteiger partial charge in [-0.25, -0.2) is 9.29 Å². The predicted octanol–water partition coefficient (Wildman–Crippen LogP) is 4.62. The molecule has 0 aliphatic carbocycles. The zero-order valence-electron chi connectivity index (χ0n) is 20.1. The molecule has 3 aromatic rings. The zero-order chi connectivity index (χ0) is 26.6. The van der Waals surface area contributed by atoms with Gasteiger partial charge >= 0.3 is 4.87 Å². The van der Waals surface area contributed by atoms with Gasteiger partial charge in [-0.1, -0.05) is 51.2 Å². The van der Waals surface area contributed by atoms with Crippen molar-refractivity contribution in [3.05, 3.63) is 78.9 Å². The zero-order valence-corrected chi connectivity index (χ0v) is 23.4. The van der Waals surface area contributed by atoms with Crippen molar-refractivity contribution in [1.82, 2.24) is 9.47 Å². The van der Waals surface area contributed by atoms with Crippen molar-refractivity contribution in [3.63, 3.8) is 0 Å². The highest BCUT2D eigenvalue weighted by Crippen LogP contribution is 2.53. The molecule has 0 radical (unpaired) electrons. The first-order valence-corrected chi connectivity index (χ1v) is 14.9. The molecule has 3 aliphatic heterocycles. The van der Waals surface area contributed by atoms with Crippen molar-refractivity contribution < 1.29 is 18.8 Å². The average molecular weight is 617 g/mol. The largest absolute Gasteiger partial charge is 0.341 e. The van der Waals surface area contributed by atoms with Gasteiger partial charge in [-0.2, -0.15) is 0 Å². The smallest absolute Gasteiger partial charge is 0.308 e. The number of imide groups is 1. The fourth-order valence-electron chi connectivity index (χ4n) is 5.51. The summed E-state index contributed by atoms with van der Waals surface area (Å²) in [5.41, 5.74) is 1.12. The number of hydrogen-bond acceptors (Lipinski definition) is 6. The number of carbonyl (C=O) groups excluding carboxylic acids is 3. The third kappa shape index (κ3) is 4.34. The summed E-state index contributed by atoms with van der Waals surface area (Å²) in [7, 11) is 0. The predicted molar refractivity (Wildman–Crippen MR) is 147 cm³/mol. The molecule has 11 heteroatoms. The topological polar surface area (TPSA) is 79.7 Å². The number of likely N-dealkylation sites (tertiary alicyclic amines) is 1. The summed E-state index contributed by atoms with van der Waals surface area (Å²) >= 11 is 5.57. The molecule has 0 unspecified atom stereocenters. The van der Waals surface area contributed by atoms with Crippen LogP contribution >= 0.6 is 39.0 Å². The van der Waals surface area contributed by atoms with E-state index in [0.29, 0.717) is 34.2 Å². The molecule has 2 saturated heterocycles. The van der Waals surface area contributed by atoms with E-state index in [1.165, 1.54) is 33.4 Å². The molecule has 2 fully saturated rings. The van der Waals surface area contributed by atoms with Gasteiger partial charge in [-0.05, 0) is 61.2 Å². The second kappa shape index (κ2) is 10.1. The molecule has 0 saturated carbocycles. The Hall–Kier alpha value is -2.76. The molecule has 7 nitrogen and oxygen atoms in total. The van der Waals surface area contributed by atoms with Crippen LogP contribution in [0.15, 0.2) is 62.8 Å². The van der Waals surface area contributed by atoms with E-state index in [1.54, 1.807) is 41.3 Å². The summed E-state index contributed by atoms with van der Waals surface area (Å²) in [6.45, 7) is 1.24. The number of benzene rings is 2. The Kier molecular flexibility index (Phi) is 6.77.